The first-order chi connectivity index (χ1) is 13.5. The van der Waals surface area contributed by atoms with Gasteiger partial charge in [-0.3, -0.25) is 0 Å². The van der Waals surface area contributed by atoms with Crippen LogP contribution in [-0.4, -0.2) is 43.2 Å². The number of rotatable bonds is 6. The van der Waals surface area contributed by atoms with Gasteiger partial charge in [-0.2, -0.15) is 13.2 Å². The molecule has 0 fully saturated rings. The number of sulfonamides is 1. The molecule has 0 aliphatic rings. The van der Waals surface area contributed by atoms with Crippen LogP contribution in [0.15, 0.2) is 34.7 Å². The molecule has 29 heavy (non-hydrogen) atoms. The van der Waals surface area contributed by atoms with Crippen LogP contribution >= 0.6 is 11.3 Å². The number of alkyl halides is 3. The molecule has 0 aliphatic carbocycles. The highest BCUT2D eigenvalue weighted by Crippen LogP contribution is 2.34. The summed E-state index contributed by atoms with van der Waals surface area (Å²) in [6, 6.07) is 6.72. The van der Waals surface area contributed by atoms with Gasteiger partial charge in [-0.05, 0) is 38.1 Å². The van der Waals surface area contributed by atoms with Gasteiger partial charge in [0.1, 0.15) is 16.0 Å². The van der Waals surface area contributed by atoms with Gasteiger partial charge in [0.2, 0.25) is 10.0 Å². The summed E-state index contributed by atoms with van der Waals surface area (Å²) in [7, 11) is -3.99. The smallest absolute Gasteiger partial charge is 0.455 e. The standard InChI is InChI=1S/C17H16F3N3O4S2/c1-9-7-12-11(5-6-21-15(12)23-9)13-3-4-14(28-13)29(25,26)22-8-10(2)27-16(24)17(18,19)20/h3-7,10,22H,8H2,1-2H3,(H,21,23). The van der Waals surface area contributed by atoms with E-state index in [-0.39, 0.29) is 4.21 Å². The maximum absolute atomic E-state index is 12.4. The van der Waals surface area contributed by atoms with E-state index in [0.717, 1.165) is 34.9 Å². The molecule has 3 heterocycles. The quantitative estimate of drug-likeness (QED) is 0.565. The van der Waals surface area contributed by atoms with Crippen LogP contribution in [0.2, 0.25) is 0 Å². The Morgan fingerprint density at radius 3 is 2.76 bits per heavy atom. The van der Waals surface area contributed by atoms with Crippen LogP contribution in [0.4, 0.5) is 13.2 Å². The predicted octanol–water partition coefficient (Wildman–Crippen LogP) is 3.37. The van der Waals surface area contributed by atoms with Crippen molar-refractivity contribution < 1.29 is 31.1 Å². The molecular weight excluding hydrogens is 431 g/mol. The van der Waals surface area contributed by atoms with Crippen LogP contribution in [0.3, 0.4) is 0 Å². The average molecular weight is 447 g/mol. The number of hydrogen-bond donors (Lipinski definition) is 2. The number of ether oxygens (including phenoxy) is 1. The number of halogens is 3. The Labute approximate surface area is 168 Å². The third kappa shape index (κ3) is 4.77. The maximum atomic E-state index is 12.4. The fraction of sp³-hybridized carbons (Fsp3) is 0.294. The number of aryl methyl sites for hydroxylation is 1. The zero-order valence-corrected chi connectivity index (χ0v) is 16.8. The summed E-state index contributed by atoms with van der Waals surface area (Å²) in [6.45, 7) is 2.55. The number of nitrogens with zero attached hydrogens (tertiary/aromatic N) is 1. The predicted molar refractivity (Wildman–Crippen MR) is 101 cm³/mol. The minimum atomic E-state index is -5.14. The molecule has 3 rings (SSSR count). The Hall–Kier alpha value is -2.44. The van der Waals surface area contributed by atoms with E-state index in [2.05, 4.69) is 19.4 Å². The van der Waals surface area contributed by atoms with Crippen LogP contribution in [0, 0.1) is 6.92 Å². The van der Waals surface area contributed by atoms with Crippen molar-refractivity contribution >= 4 is 38.4 Å². The van der Waals surface area contributed by atoms with Crippen molar-refractivity contribution in [1.82, 2.24) is 14.7 Å². The van der Waals surface area contributed by atoms with Gasteiger partial charge in [-0.1, -0.05) is 0 Å². The van der Waals surface area contributed by atoms with Crippen molar-refractivity contribution in [2.24, 2.45) is 0 Å². The van der Waals surface area contributed by atoms with Gasteiger partial charge in [-0.25, -0.2) is 22.9 Å². The molecule has 0 saturated carbocycles. The molecule has 3 aromatic heterocycles. The normalized spacial score (nSPS) is 13.6. The molecule has 0 spiro atoms. The molecule has 1 unspecified atom stereocenters. The first-order valence-electron chi connectivity index (χ1n) is 8.29. The molecule has 156 valence electrons. The fourth-order valence-electron chi connectivity index (χ4n) is 2.57. The van der Waals surface area contributed by atoms with Crippen LogP contribution < -0.4 is 4.72 Å². The lowest BCUT2D eigenvalue weighted by Crippen LogP contribution is -2.36. The molecule has 0 bridgehead atoms. The summed E-state index contributed by atoms with van der Waals surface area (Å²) in [4.78, 5) is 18.8. The van der Waals surface area contributed by atoms with Gasteiger partial charge in [0.15, 0.2) is 0 Å². The molecule has 2 N–H and O–H groups in total. The lowest BCUT2D eigenvalue weighted by Gasteiger charge is -2.14. The summed E-state index contributed by atoms with van der Waals surface area (Å²) in [6.07, 6.45) is -4.82. The summed E-state index contributed by atoms with van der Waals surface area (Å²) in [5.41, 5.74) is 2.39. The van der Waals surface area contributed by atoms with Gasteiger partial charge < -0.3 is 9.72 Å². The van der Waals surface area contributed by atoms with E-state index >= 15 is 0 Å². The molecular formula is C17H16F3N3O4S2. The Morgan fingerprint density at radius 1 is 1.34 bits per heavy atom. The first-order valence-corrected chi connectivity index (χ1v) is 10.6. The maximum Gasteiger partial charge on any atom is 0.490 e. The molecule has 3 aromatic rings. The number of thiophene rings is 1. The second-order valence-electron chi connectivity index (χ2n) is 6.26. The first kappa shape index (κ1) is 21.3. The number of nitrogens with one attached hydrogen (secondary N) is 2. The summed E-state index contributed by atoms with van der Waals surface area (Å²) < 4.78 is 67.8. The number of esters is 1. The van der Waals surface area contributed by atoms with Crippen molar-refractivity contribution in [3.63, 3.8) is 0 Å². The van der Waals surface area contributed by atoms with Gasteiger partial charge in [0, 0.05) is 34.3 Å². The van der Waals surface area contributed by atoms with Gasteiger partial charge in [0.05, 0.1) is 0 Å². The number of carbonyl (C=O) groups excluding carboxylic acids is 1. The Kier molecular flexibility index (Phi) is 5.70. The van der Waals surface area contributed by atoms with E-state index in [1.807, 2.05) is 13.0 Å². The third-order valence-electron chi connectivity index (χ3n) is 3.88. The van der Waals surface area contributed by atoms with E-state index in [1.54, 1.807) is 18.3 Å². The summed E-state index contributed by atoms with van der Waals surface area (Å²) >= 11 is 1.01. The number of aromatic nitrogens is 2. The van der Waals surface area contributed by atoms with Crippen LogP contribution in [0.5, 0.6) is 0 Å². The monoisotopic (exact) mass is 447 g/mol. The molecule has 0 saturated heterocycles. The molecule has 0 radical (unpaired) electrons. The second-order valence-corrected chi connectivity index (χ2v) is 9.33. The SMILES string of the molecule is Cc1cc2c(-c3ccc(S(=O)(=O)NCC(C)OC(=O)C(F)(F)F)s3)ccnc2[nH]1. The van der Waals surface area contributed by atoms with Gasteiger partial charge in [-0.15, -0.1) is 11.3 Å². The van der Waals surface area contributed by atoms with E-state index in [4.69, 9.17) is 0 Å². The summed E-state index contributed by atoms with van der Waals surface area (Å²) in [5, 5.41) is 0.844. The molecule has 1 atom stereocenters. The Balaban J connectivity index is 1.74. The zero-order chi connectivity index (χ0) is 21.4. The number of carbonyl (C=O) groups is 1. The average Bonchev–Trinajstić information content (AvgIpc) is 3.25. The van der Waals surface area contributed by atoms with Crippen LogP contribution in [-0.2, 0) is 19.6 Å². The number of fused-ring (bicyclic) bond motifs is 1. The minimum absolute atomic E-state index is 0.0148. The van der Waals surface area contributed by atoms with E-state index in [1.165, 1.54) is 6.07 Å². The Morgan fingerprint density at radius 2 is 2.07 bits per heavy atom. The molecule has 0 aromatic carbocycles. The molecule has 0 amide bonds. The van der Waals surface area contributed by atoms with Gasteiger partial charge >= 0.3 is 12.1 Å². The van der Waals surface area contributed by atoms with Crippen molar-refractivity contribution in [3.05, 3.63) is 36.2 Å². The number of H-pyrrole nitrogens is 1. The van der Waals surface area contributed by atoms with Crippen LogP contribution in [0.1, 0.15) is 12.6 Å². The molecule has 7 nitrogen and oxygen atoms in total. The highest BCUT2D eigenvalue weighted by Gasteiger charge is 2.41. The van der Waals surface area contributed by atoms with Gasteiger partial charge in [0.25, 0.3) is 0 Å². The van der Waals surface area contributed by atoms with E-state index < -0.39 is 34.8 Å². The van der Waals surface area contributed by atoms with E-state index in [9.17, 15) is 26.4 Å². The number of aromatic amines is 1. The minimum Gasteiger partial charge on any atom is -0.455 e. The second kappa shape index (κ2) is 7.76. The lowest BCUT2D eigenvalue weighted by molar-refractivity contribution is -0.203. The van der Waals surface area contributed by atoms with Crippen molar-refractivity contribution in [2.75, 3.05) is 6.54 Å². The third-order valence-corrected chi connectivity index (χ3v) is 6.91. The van der Waals surface area contributed by atoms with Crippen molar-refractivity contribution in [1.29, 1.82) is 0 Å². The van der Waals surface area contributed by atoms with Crippen molar-refractivity contribution in [2.45, 2.75) is 30.3 Å². The number of hydrogen-bond acceptors (Lipinski definition) is 6. The Bertz CT molecular complexity index is 1150. The molecule has 12 heteroatoms. The fourth-order valence-corrected chi connectivity index (χ4v) is 5.08. The lowest BCUT2D eigenvalue weighted by atomic mass is 10.1. The highest BCUT2D eigenvalue weighted by atomic mass is 32.2. The van der Waals surface area contributed by atoms with E-state index in [0.29, 0.717) is 10.5 Å². The zero-order valence-electron chi connectivity index (χ0n) is 15.2. The van der Waals surface area contributed by atoms with Crippen molar-refractivity contribution in [3.8, 4) is 10.4 Å². The van der Waals surface area contributed by atoms with Crippen LogP contribution in [0.25, 0.3) is 21.5 Å². The molecule has 0 aliphatic heterocycles. The summed E-state index contributed by atoms with van der Waals surface area (Å²) in [5.74, 6) is -2.37. The largest absolute Gasteiger partial charge is 0.490 e. The topological polar surface area (TPSA) is 101 Å². The number of pyridine rings is 1. The highest BCUT2D eigenvalue weighted by molar-refractivity contribution is 7.91.